The number of benzene rings is 1. The summed E-state index contributed by atoms with van der Waals surface area (Å²) in [6.07, 6.45) is 1.63. The van der Waals surface area contributed by atoms with Crippen LogP contribution in [0.4, 0.5) is 10.8 Å². The molecule has 0 saturated heterocycles. The minimum Gasteiger partial charge on any atom is -0.398 e. The normalized spacial score (nSPS) is 10.5. The quantitative estimate of drug-likeness (QED) is 0.749. The number of nitrogens with one attached hydrogen (secondary N) is 1. The molecule has 0 saturated carbocycles. The lowest BCUT2D eigenvalue weighted by molar-refractivity contribution is 0.102. The van der Waals surface area contributed by atoms with Gasteiger partial charge in [-0.15, -0.1) is 11.3 Å². The van der Waals surface area contributed by atoms with Crippen molar-refractivity contribution in [1.29, 1.82) is 0 Å². The fourth-order valence-electron chi connectivity index (χ4n) is 1.76. The Bertz CT molecular complexity index is 739. The van der Waals surface area contributed by atoms with Crippen LogP contribution in [0.15, 0.2) is 41.9 Å². The summed E-state index contributed by atoms with van der Waals surface area (Å²) < 4.78 is 0. The van der Waals surface area contributed by atoms with E-state index in [-0.39, 0.29) is 11.6 Å². The molecule has 6 heteroatoms. The number of thiazole rings is 1. The highest BCUT2D eigenvalue weighted by molar-refractivity contribution is 7.13. The Kier molecular flexibility index (Phi) is 2.85. The van der Waals surface area contributed by atoms with Crippen molar-refractivity contribution in [2.75, 3.05) is 11.1 Å². The molecule has 0 spiro atoms. The Balaban J connectivity index is 1.98. The van der Waals surface area contributed by atoms with Gasteiger partial charge in [0, 0.05) is 22.7 Å². The van der Waals surface area contributed by atoms with Gasteiger partial charge in [0.2, 0.25) is 0 Å². The summed E-state index contributed by atoms with van der Waals surface area (Å²) in [5.74, 6) is -0.313. The van der Waals surface area contributed by atoms with Gasteiger partial charge in [-0.2, -0.15) is 0 Å². The Morgan fingerprint density at radius 2 is 2.16 bits per heavy atom. The second kappa shape index (κ2) is 4.66. The van der Waals surface area contributed by atoms with Crippen molar-refractivity contribution in [3.8, 4) is 0 Å². The van der Waals surface area contributed by atoms with Crippen molar-refractivity contribution in [3.05, 3.63) is 47.6 Å². The Hall–Kier alpha value is -2.47. The summed E-state index contributed by atoms with van der Waals surface area (Å²) in [7, 11) is 0. The minimum atomic E-state index is -0.313. The van der Waals surface area contributed by atoms with Crippen molar-refractivity contribution in [3.63, 3.8) is 0 Å². The smallest absolute Gasteiger partial charge is 0.276 e. The second-order valence-electron chi connectivity index (χ2n) is 3.91. The molecule has 0 aliphatic heterocycles. The third-order valence-corrected chi connectivity index (χ3v) is 3.32. The fourth-order valence-corrected chi connectivity index (χ4v) is 2.29. The summed E-state index contributed by atoms with van der Waals surface area (Å²) >= 11 is 1.35. The molecular weight excluding hydrogens is 260 g/mol. The van der Waals surface area contributed by atoms with Crippen molar-refractivity contribution < 1.29 is 4.79 Å². The Morgan fingerprint density at radius 3 is 2.95 bits per heavy atom. The maximum absolute atomic E-state index is 12.0. The zero-order valence-electron chi connectivity index (χ0n) is 9.83. The lowest BCUT2D eigenvalue weighted by atomic mass is 10.1. The zero-order valence-corrected chi connectivity index (χ0v) is 10.6. The van der Waals surface area contributed by atoms with Crippen LogP contribution < -0.4 is 11.1 Å². The summed E-state index contributed by atoms with van der Waals surface area (Å²) in [5.41, 5.74) is 7.46. The third kappa shape index (κ3) is 2.25. The first-order valence-corrected chi connectivity index (χ1v) is 6.48. The van der Waals surface area contributed by atoms with Crippen LogP contribution in [0, 0.1) is 0 Å². The molecule has 3 N–H and O–H groups in total. The van der Waals surface area contributed by atoms with Crippen molar-refractivity contribution in [1.82, 2.24) is 9.97 Å². The predicted octanol–water partition coefficient (Wildman–Crippen LogP) is 2.53. The highest BCUT2D eigenvalue weighted by Crippen LogP contribution is 2.21. The lowest BCUT2D eigenvalue weighted by Gasteiger charge is -2.05. The van der Waals surface area contributed by atoms with E-state index in [2.05, 4.69) is 15.3 Å². The molecule has 3 aromatic rings. The maximum Gasteiger partial charge on any atom is 0.276 e. The molecule has 0 radical (unpaired) electrons. The van der Waals surface area contributed by atoms with Gasteiger partial charge in [0.25, 0.3) is 5.91 Å². The molecule has 2 aromatic heterocycles. The van der Waals surface area contributed by atoms with E-state index in [4.69, 9.17) is 5.73 Å². The number of para-hydroxylation sites is 1. The van der Waals surface area contributed by atoms with Gasteiger partial charge >= 0.3 is 0 Å². The van der Waals surface area contributed by atoms with Crippen LogP contribution in [0.2, 0.25) is 0 Å². The molecule has 94 valence electrons. The number of amides is 1. The molecule has 0 bridgehead atoms. The number of hydrogen-bond donors (Lipinski definition) is 2. The van der Waals surface area contributed by atoms with Gasteiger partial charge in [-0.1, -0.05) is 18.2 Å². The number of nitrogens with zero attached hydrogens (tertiary/aromatic N) is 2. The summed E-state index contributed by atoms with van der Waals surface area (Å²) in [6, 6.07) is 9.02. The molecule has 0 aliphatic carbocycles. The van der Waals surface area contributed by atoms with Gasteiger partial charge in [-0.05, 0) is 12.1 Å². The van der Waals surface area contributed by atoms with Gasteiger partial charge in [-0.3, -0.25) is 10.1 Å². The topological polar surface area (TPSA) is 80.9 Å². The largest absolute Gasteiger partial charge is 0.398 e. The number of anilines is 2. The van der Waals surface area contributed by atoms with Crippen molar-refractivity contribution in [2.24, 2.45) is 0 Å². The summed E-state index contributed by atoms with van der Waals surface area (Å²) in [4.78, 5) is 20.3. The third-order valence-electron chi connectivity index (χ3n) is 2.63. The number of rotatable bonds is 2. The minimum absolute atomic E-state index is 0.284. The summed E-state index contributed by atoms with van der Waals surface area (Å²) in [6.45, 7) is 0. The molecule has 2 heterocycles. The fraction of sp³-hybridized carbons (Fsp3) is 0. The average molecular weight is 270 g/mol. The van der Waals surface area contributed by atoms with E-state index >= 15 is 0 Å². The molecule has 3 rings (SSSR count). The van der Waals surface area contributed by atoms with E-state index in [1.807, 2.05) is 24.3 Å². The first-order chi connectivity index (χ1) is 9.24. The highest BCUT2D eigenvalue weighted by Gasteiger charge is 2.11. The molecule has 0 aliphatic rings. The number of aromatic nitrogens is 2. The van der Waals surface area contributed by atoms with E-state index in [1.54, 1.807) is 17.6 Å². The second-order valence-corrected chi connectivity index (χ2v) is 4.80. The first kappa shape index (κ1) is 11.6. The number of nitrogen functional groups attached to an aromatic ring is 1. The maximum atomic E-state index is 12.0. The molecule has 5 nitrogen and oxygen atoms in total. The molecule has 19 heavy (non-hydrogen) atoms. The molecular formula is C13H10N4OS. The number of pyridine rings is 1. The molecule has 0 unspecified atom stereocenters. The number of nitrogens with two attached hydrogens (primary N) is 1. The Labute approximate surface area is 113 Å². The predicted molar refractivity (Wildman–Crippen MR) is 76.2 cm³/mol. The number of fused-ring (bicyclic) bond motifs is 1. The lowest BCUT2D eigenvalue weighted by Crippen LogP contribution is -2.14. The van der Waals surface area contributed by atoms with E-state index in [9.17, 15) is 4.79 Å². The van der Waals surface area contributed by atoms with Gasteiger partial charge in [0.1, 0.15) is 5.69 Å². The van der Waals surface area contributed by atoms with E-state index in [1.165, 1.54) is 11.3 Å². The number of hydrogen-bond acceptors (Lipinski definition) is 5. The van der Waals surface area contributed by atoms with Crippen LogP contribution in [-0.4, -0.2) is 15.9 Å². The van der Waals surface area contributed by atoms with Crippen molar-refractivity contribution in [2.45, 2.75) is 0 Å². The van der Waals surface area contributed by atoms with E-state index in [0.29, 0.717) is 16.3 Å². The molecule has 1 aromatic carbocycles. The van der Waals surface area contributed by atoms with Crippen LogP contribution in [0.25, 0.3) is 10.9 Å². The number of carbonyl (C=O) groups is 1. The molecule has 1 amide bonds. The van der Waals surface area contributed by atoms with Gasteiger partial charge in [0.05, 0.1) is 5.52 Å². The van der Waals surface area contributed by atoms with Crippen LogP contribution >= 0.6 is 11.3 Å². The number of carbonyl (C=O) groups excluding carboxylic acids is 1. The van der Waals surface area contributed by atoms with Crippen LogP contribution in [0.3, 0.4) is 0 Å². The Morgan fingerprint density at radius 1 is 1.32 bits per heavy atom. The molecule has 0 atom stereocenters. The average Bonchev–Trinajstić information content (AvgIpc) is 2.91. The first-order valence-electron chi connectivity index (χ1n) is 5.60. The van der Waals surface area contributed by atoms with E-state index < -0.39 is 0 Å². The monoisotopic (exact) mass is 270 g/mol. The van der Waals surface area contributed by atoms with Gasteiger partial charge in [0.15, 0.2) is 5.13 Å². The molecule has 0 fully saturated rings. The SMILES string of the molecule is Nc1cc(C(=O)Nc2nccs2)nc2ccccc12. The van der Waals surface area contributed by atoms with Crippen molar-refractivity contribution >= 4 is 39.0 Å². The standard InChI is InChI=1S/C13H10N4OS/c14-9-7-11(12(18)17-13-15-5-6-19-13)16-10-4-2-1-3-8(9)10/h1-7H,(H2,14,16)(H,15,17,18). The van der Waals surface area contributed by atoms with E-state index in [0.717, 1.165) is 5.39 Å². The van der Waals surface area contributed by atoms with Crippen LogP contribution in [0.5, 0.6) is 0 Å². The van der Waals surface area contributed by atoms with Crippen LogP contribution in [-0.2, 0) is 0 Å². The zero-order chi connectivity index (χ0) is 13.2. The highest BCUT2D eigenvalue weighted by atomic mass is 32.1. The van der Waals surface area contributed by atoms with Gasteiger partial charge < -0.3 is 5.73 Å². The summed E-state index contributed by atoms with van der Waals surface area (Å²) in [5, 5.41) is 5.85. The van der Waals surface area contributed by atoms with Crippen LogP contribution in [0.1, 0.15) is 10.5 Å². The van der Waals surface area contributed by atoms with Gasteiger partial charge in [-0.25, -0.2) is 9.97 Å².